The SMILES string of the molecule is COc1cc2cc(C(C)=O)[nH]c2c(OC)c1C. The lowest BCUT2D eigenvalue weighted by Gasteiger charge is -2.10. The number of aromatic amines is 1. The predicted molar refractivity (Wildman–Crippen MR) is 66.1 cm³/mol. The second-order valence-corrected chi connectivity index (χ2v) is 3.94. The molecule has 0 aliphatic heterocycles. The smallest absolute Gasteiger partial charge is 0.175 e. The van der Waals surface area contributed by atoms with E-state index in [0.29, 0.717) is 11.4 Å². The highest BCUT2D eigenvalue weighted by Gasteiger charge is 2.14. The number of Topliss-reactive ketones (excluding diaryl/α,β-unsaturated/α-hetero) is 1. The number of ketones is 1. The zero-order valence-electron chi connectivity index (χ0n) is 10.4. The lowest BCUT2D eigenvalue weighted by Crippen LogP contribution is -1.94. The Morgan fingerprint density at radius 1 is 1.24 bits per heavy atom. The number of carbonyl (C=O) groups is 1. The molecule has 1 aromatic heterocycles. The quantitative estimate of drug-likeness (QED) is 0.829. The number of benzene rings is 1. The molecule has 0 atom stereocenters. The van der Waals surface area contributed by atoms with Crippen molar-refractivity contribution in [3.63, 3.8) is 0 Å². The Morgan fingerprint density at radius 3 is 2.47 bits per heavy atom. The van der Waals surface area contributed by atoms with E-state index in [1.807, 2.05) is 19.1 Å². The van der Waals surface area contributed by atoms with E-state index in [1.165, 1.54) is 6.92 Å². The monoisotopic (exact) mass is 233 g/mol. The minimum atomic E-state index is -0.000118. The molecule has 0 saturated carbocycles. The van der Waals surface area contributed by atoms with Crippen LogP contribution in [0.3, 0.4) is 0 Å². The lowest BCUT2D eigenvalue weighted by molar-refractivity contribution is 0.101. The number of fused-ring (bicyclic) bond motifs is 1. The van der Waals surface area contributed by atoms with Crippen LogP contribution in [0.25, 0.3) is 10.9 Å². The molecular weight excluding hydrogens is 218 g/mol. The number of H-pyrrole nitrogens is 1. The Balaban J connectivity index is 2.78. The maximum atomic E-state index is 11.4. The average Bonchev–Trinajstić information content (AvgIpc) is 2.72. The van der Waals surface area contributed by atoms with Gasteiger partial charge in [-0.05, 0) is 19.1 Å². The molecule has 2 aromatic rings. The van der Waals surface area contributed by atoms with Gasteiger partial charge in [0, 0.05) is 17.9 Å². The van der Waals surface area contributed by atoms with Gasteiger partial charge in [0.1, 0.15) is 11.5 Å². The van der Waals surface area contributed by atoms with Crippen LogP contribution < -0.4 is 9.47 Å². The van der Waals surface area contributed by atoms with Crippen molar-refractivity contribution in [2.24, 2.45) is 0 Å². The molecule has 0 radical (unpaired) electrons. The van der Waals surface area contributed by atoms with Gasteiger partial charge >= 0.3 is 0 Å². The number of nitrogens with one attached hydrogen (secondary N) is 1. The van der Waals surface area contributed by atoms with Crippen LogP contribution in [0.1, 0.15) is 23.0 Å². The maximum Gasteiger partial charge on any atom is 0.175 e. The first kappa shape index (κ1) is 11.5. The molecule has 1 heterocycles. The van der Waals surface area contributed by atoms with Crippen molar-refractivity contribution in [2.75, 3.05) is 14.2 Å². The molecule has 0 saturated heterocycles. The van der Waals surface area contributed by atoms with E-state index in [2.05, 4.69) is 4.98 Å². The molecule has 90 valence electrons. The van der Waals surface area contributed by atoms with Crippen LogP contribution in [0, 0.1) is 6.92 Å². The van der Waals surface area contributed by atoms with Gasteiger partial charge in [0.2, 0.25) is 0 Å². The molecule has 0 bridgehead atoms. The van der Waals surface area contributed by atoms with Gasteiger partial charge in [-0.1, -0.05) is 0 Å². The van der Waals surface area contributed by atoms with Gasteiger partial charge in [-0.15, -0.1) is 0 Å². The van der Waals surface area contributed by atoms with Crippen molar-refractivity contribution in [3.8, 4) is 11.5 Å². The molecule has 0 amide bonds. The predicted octanol–water partition coefficient (Wildman–Crippen LogP) is 2.70. The molecule has 0 unspecified atom stereocenters. The highest BCUT2D eigenvalue weighted by Crippen LogP contribution is 2.36. The summed E-state index contributed by atoms with van der Waals surface area (Å²) in [5.41, 5.74) is 2.32. The second-order valence-electron chi connectivity index (χ2n) is 3.94. The van der Waals surface area contributed by atoms with Gasteiger partial charge in [0.25, 0.3) is 0 Å². The van der Waals surface area contributed by atoms with Crippen molar-refractivity contribution < 1.29 is 14.3 Å². The third-order valence-electron chi connectivity index (χ3n) is 2.88. The second kappa shape index (κ2) is 4.13. The molecule has 1 aromatic carbocycles. The normalized spacial score (nSPS) is 10.6. The molecule has 1 N–H and O–H groups in total. The Labute approximate surface area is 99.5 Å². The van der Waals surface area contributed by atoms with Gasteiger partial charge in [-0.3, -0.25) is 4.79 Å². The molecule has 0 aliphatic carbocycles. The highest BCUT2D eigenvalue weighted by atomic mass is 16.5. The van der Waals surface area contributed by atoms with E-state index in [-0.39, 0.29) is 5.78 Å². The highest BCUT2D eigenvalue weighted by molar-refractivity contribution is 6.00. The van der Waals surface area contributed by atoms with Crippen molar-refractivity contribution >= 4 is 16.7 Å². The molecule has 17 heavy (non-hydrogen) atoms. The molecule has 4 nitrogen and oxygen atoms in total. The van der Waals surface area contributed by atoms with Gasteiger partial charge < -0.3 is 14.5 Å². The van der Waals surface area contributed by atoms with Crippen LogP contribution >= 0.6 is 0 Å². The Hall–Kier alpha value is -1.97. The first-order valence-electron chi connectivity index (χ1n) is 5.33. The summed E-state index contributed by atoms with van der Waals surface area (Å²) in [4.78, 5) is 14.4. The fourth-order valence-corrected chi connectivity index (χ4v) is 1.98. The number of carbonyl (C=O) groups excluding carboxylic acids is 1. The fraction of sp³-hybridized carbons (Fsp3) is 0.308. The summed E-state index contributed by atoms with van der Waals surface area (Å²) in [7, 11) is 3.22. The average molecular weight is 233 g/mol. The Bertz CT molecular complexity index is 584. The van der Waals surface area contributed by atoms with Crippen LogP contribution in [0.4, 0.5) is 0 Å². The third-order valence-corrected chi connectivity index (χ3v) is 2.88. The molecular formula is C13H15NO3. The van der Waals surface area contributed by atoms with Crippen LogP contribution in [0.5, 0.6) is 11.5 Å². The van der Waals surface area contributed by atoms with Gasteiger partial charge in [-0.25, -0.2) is 0 Å². The molecule has 4 heteroatoms. The number of hydrogen-bond acceptors (Lipinski definition) is 3. The summed E-state index contributed by atoms with van der Waals surface area (Å²) < 4.78 is 10.7. The van der Waals surface area contributed by atoms with Crippen molar-refractivity contribution in [3.05, 3.63) is 23.4 Å². The van der Waals surface area contributed by atoms with Crippen LogP contribution in [-0.2, 0) is 0 Å². The number of ether oxygens (including phenoxy) is 2. The first-order chi connectivity index (χ1) is 8.08. The van der Waals surface area contributed by atoms with Gasteiger partial charge in [0.15, 0.2) is 5.78 Å². The number of aromatic nitrogens is 1. The first-order valence-corrected chi connectivity index (χ1v) is 5.33. The summed E-state index contributed by atoms with van der Waals surface area (Å²) in [5, 5.41) is 0.912. The molecule has 0 fully saturated rings. The van der Waals surface area contributed by atoms with Crippen molar-refractivity contribution in [2.45, 2.75) is 13.8 Å². The van der Waals surface area contributed by atoms with E-state index in [1.54, 1.807) is 14.2 Å². The largest absolute Gasteiger partial charge is 0.496 e. The summed E-state index contributed by atoms with van der Waals surface area (Å²) in [6.07, 6.45) is 0. The van der Waals surface area contributed by atoms with Crippen LogP contribution in [-0.4, -0.2) is 25.0 Å². The van der Waals surface area contributed by atoms with E-state index in [0.717, 1.165) is 22.2 Å². The Kier molecular flexibility index (Phi) is 2.79. The van der Waals surface area contributed by atoms with Crippen LogP contribution in [0.2, 0.25) is 0 Å². The number of hydrogen-bond donors (Lipinski definition) is 1. The van der Waals surface area contributed by atoms with Crippen LogP contribution in [0.15, 0.2) is 12.1 Å². The summed E-state index contributed by atoms with van der Waals surface area (Å²) >= 11 is 0. The molecule has 0 aliphatic rings. The summed E-state index contributed by atoms with van der Waals surface area (Å²) in [5.74, 6) is 1.47. The van der Waals surface area contributed by atoms with Gasteiger partial charge in [0.05, 0.1) is 25.4 Å². The number of rotatable bonds is 3. The zero-order chi connectivity index (χ0) is 12.6. The molecule has 0 spiro atoms. The lowest BCUT2D eigenvalue weighted by atomic mass is 10.1. The topological polar surface area (TPSA) is 51.3 Å². The summed E-state index contributed by atoms with van der Waals surface area (Å²) in [6, 6.07) is 3.71. The van der Waals surface area contributed by atoms with Gasteiger partial charge in [-0.2, -0.15) is 0 Å². The standard InChI is InChI=1S/C13H15NO3/c1-7-11(16-3)6-9-5-10(8(2)15)14-12(9)13(7)17-4/h5-6,14H,1-4H3. The van der Waals surface area contributed by atoms with E-state index in [9.17, 15) is 4.79 Å². The minimum absolute atomic E-state index is 0.000118. The number of methoxy groups -OCH3 is 2. The minimum Gasteiger partial charge on any atom is -0.496 e. The molecule has 2 rings (SSSR count). The third kappa shape index (κ3) is 1.75. The maximum absolute atomic E-state index is 11.4. The van der Waals surface area contributed by atoms with E-state index >= 15 is 0 Å². The Morgan fingerprint density at radius 2 is 1.94 bits per heavy atom. The fourth-order valence-electron chi connectivity index (χ4n) is 1.98. The summed E-state index contributed by atoms with van der Waals surface area (Å²) in [6.45, 7) is 3.45. The van der Waals surface area contributed by atoms with E-state index < -0.39 is 0 Å². The van der Waals surface area contributed by atoms with Crippen molar-refractivity contribution in [1.29, 1.82) is 0 Å². The van der Waals surface area contributed by atoms with Crippen molar-refractivity contribution in [1.82, 2.24) is 4.98 Å². The zero-order valence-corrected chi connectivity index (χ0v) is 10.4. The van der Waals surface area contributed by atoms with E-state index in [4.69, 9.17) is 9.47 Å².